The molecule has 0 bridgehead atoms. The van der Waals surface area contributed by atoms with Crippen LogP contribution in [0.4, 0.5) is 4.79 Å². The van der Waals surface area contributed by atoms with Gasteiger partial charge in [0.2, 0.25) is 5.91 Å². The number of rotatable bonds is 4. The molecule has 118 valence electrons. The normalized spacial score (nSPS) is 18.1. The Labute approximate surface area is 133 Å². The molecule has 1 atom stereocenters. The van der Waals surface area contributed by atoms with Crippen molar-refractivity contribution >= 4 is 29.4 Å². The van der Waals surface area contributed by atoms with E-state index in [1.807, 2.05) is 0 Å². The fourth-order valence-electron chi connectivity index (χ4n) is 2.28. The monoisotopic (exact) mass is 324 g/mol. The summed E-state index contributed by atoms with van der Waals surface area (Å²) in [5.41, 5.74) is 0.722. The van der Waals surface area contributed by atoms with Crippen LogP contribution in [0.15, 0.2) is 18.3 Å². The Bertz CT molecular complexity index is 622. The Morgan fingerprint density at radius 3 is 2.64 bits per heavy atom. The van der Waals surface area contributed by atoms with Crippen LogP contribution in [0.1, 0.15) is 12.0 Å². The van der Waals surface area contributed by atoms with Crippen LogP contribution in [0.5, 0.6) is 0 Å². The SMILES string of the molecule is CN(Cc1cccnc1Cl)C(=O)CC1C(=O)N(C)C(=O)N1C. The third kappa shape index (κ3) is 3.04. The molecular weight excluding hydrogens is 308 g/mol. The molecule has 2 rings (SSSR count). The highest BCUT2D eigenvalue weighted by Crippen LogP contribution is 2.19. The molecule has 1 saturated heterocycles. The molecule has 1 aliphatic rings. The second-order valence-corrected chi connectivity index (χ2v) is 5.57. The topological polar surface area (TPSA) is 73.8 Å². The molecule has 2 heterocycles. The number of urea groups is 1. The van der Waals surface area contributed by atoms with E-state index in [0.29, 0.717) is 11.7 Å². The number of hydrogen-bond acceptors (Lipinski definition) is 4. The van der Waals surface area contributed by atoms with E-state index in [2.05, 4.69) is 4.98 Å². The van der Waals surface area contributed by atoms with Crippen molar-refractivity contribution < 1.29 is 14.4 Å². The van der Waals surface area contributed by atoms with Crippen molar-refractivity contribution in [1.29, 1.82) is 0 Å². The minimum Gasteiger partial charge on any atom is -0.341 e. The zero-order valence-corrected chi connectivity index (χ0v) is 13.4. The maximum absolute atomic E-state index is 12.3. The van der Waals surface area contributed by atoms with Gasteiger partial charge in [-0.25, -0.2) is 9.78 Å². The molecule has 1 aromatic heterocycles. The molecule has 1 fully saturated rings. The highest BCUT2D eigenvalue weighted by molar-refractivity contribution is 6.30. The number of pyridine rings is 1. The zero-order chi connectivity index (χ0) is 16.4. The molecule has 1 aromatic rings. The van der Waals surface area contributed by atoms with E-state index in [-0.39, 0.29) is 18.2 Å². The van der Waals surface area contributed by atoms with Gasteiger partial charge in [0.25, 0.3) is 5.91 Å². The second kappa shape index (κ2) is 6.31. The van der Waals surface area contributed by atoms with E-state index in [9.17, 15) is 14.4 Å². The predicted molar refractivity (Wildman–Crippen MR) is 80.1 cm³/mol. The number of likely N-dealkylation sites (N-methyl/N-ethyl adjacent to an activating group) is 2. The van der Waals surface area contributed by atoms with Gasteiger partial charge in [-0.2, -0.15) is 0 Å². The summed E-state index contributed by atoms with van der Waals surface area (Å²) >= 11 is 5.97. The molecule has 1 aliphatic heterocycles. The first-order valence-electron chi connectivity index (χ1n) is 6.70. The smallest absolute Gasteiger partial charge is 0.326 e. The maximum atomic E-state index is 12.3. The van der Waals surface area contributed by atoms with Crippen LogP contribution in [-0.2, 0) is 16.1 Å². The lowest BCUT2D eigenvalue weighted by Crippen LogP contribution is -2.38. The van der Waals surface area contributed by atoms with Gasteiger partial charge in [-0.05, 0) is 6.07 Å². The molecule has 8 heteroatoms. The van der Waals surface area contributed by atoms with Crippen LogP contribution in [0, 0.1) is 0 Å². The van der Waals surface area contributed by atoms with Gasteiger partial charge in [0.15, 0.2) is 0 Å². The summed E-state index contributed by atoms with van der Waals surface area (Å²) < 4.78 is 0. The lowest BCUT2D eigenvalue weighted by Gasteiger charge is -2.21. The molecule has 0 aromatic carbocycles. The Morgan fingerprint density at radius 2 is 2.09 bits per heavy atom. The molecular formula is C14H17ClN4O3. The summed E-state index contributed by atoms with van der Waals surface area (Å²) in [6.07, 6.45) is 1.51. The molecule has 22 heavy (non-hydrogen) atoms. The van der Waals surface area contributed by atoms with Crippen molar-refractivity contribution in [2.75, 3.05) is 21.1 Å². The number of hydrogen-bond donors (Lipinski definition) is 0. The summed E-state index contributed by atoms with van der Waals surface area (Å²) in [7, 11) is 4.54. The fraction of sp³-hybridized carbons (Fsp3) is 0.429. The standard InChI is InChI=1S/C14H17ClN4O3/c1-17(8-9-5-4-6-16-12(9)15)11(20)7-10-13(21)19(3)14(22)18(10)2/h4-6,10H,7-8H2,1-3H3. The highest BCUT2D eigenvalue weighted by Gasteiger charge is 2.42. The van der Waals surface area contributed by atoms with Crippen molar-refractivity contribution in [3.63, 3.8) is 0 Å². The molecule has 0 spiro atoms. The lowest BCUT2D eigenvalue weighted by molar-refractivity contribution is -0.135. The Hall–Kier alpha value is -2.15. The van der Waals surface area contributed by atoms with Gasteiger partial charge in [0, 0.05) is 39.4 Å². The summed E-state index contributed by atoms with van der Waals surface area (Å²) in [5.74, 6) is -0.609. The first-order chi connectivity index (χ1) is 10.3. The summed E-state index contributed by atoms with van der Waals surface area (Å²) in [4.78, 5) is 43.6. The largest absolute Gasteiger partial charge is 0.341 e. The van der Waals surface area contributed by atoms with E-state index < -0.39 is 12.1 Å². The molecule has 4 amide bonds. The van der Waals surface area contributed by atoms with Crippen LogP contribution in [0.25, 0.3) is 0 Å². The predicted octanol–water partition coefficient (Wildman–Crippen LogP) is 0.976. The third-order valence-electron chi connectivity index (χ3n) is 3.71. The van der Waals surface area contributed by atoms with Gasteiger partial charge in [0.05, 0.1) is 6.42 Å². The van der Waals surface area contributed by atoms with Gasteiger partial charge < -0.3 is 9.80 Å². The Kier molecular flexibility index (Phi) is 4.65. The van der Waals surface area contributed by atoms with E-state index >= 15 is 0 Å². The minimum atomic E-state index is -0.753. The molecule has 0 aliphatic carbocycles. The van der Waals surface area contributed by atoms with Gasteiger partial charge in [-0.15, -0.1) is 0 Å². The van der Waals surface area contributed by atoms with Gasteiger partial charge in [-0.3, -0.25) is 14.5 Å². The van der Waals surface area contributed by atoms with Crippen LogP contribution < -0.4 is 0 Å². The highest BCUT2D eigenvalue weighted by atomic mass is 35.5. The van der Waals surface area contributed by atoms with Crippen molar-refractivity contribution in [3.05, 3.63) is 29.0 Å². The van der Waals surface area contributed by atoms with Crippen LogP contribution >= 0.6 is 11.6 Å². The number of aromatic nitrogens is 1. The molecule has 0 saturated carbocycles. The summed E-state index contributed by atoms with van der Waals surface area (Å²) in [5, 5.41) is 0.339. The van der Waals surface area contributed by atoms with Crippen molar-refractivity contribution in [2.24, 2.45) is 0 Å². The van der Waals surface area contributed by atoms with E-state index in [0.717, 1.165) is 10.5 Å². The Morgan fingerprint density at radius 1 is 1.41 bits per heavy atom. The van der Waals surface area contributed by atoms with Crippen LogP contribution in [0.3, 0.4) is 0 Å². The average Bonchev–Trinajstić information content (AvgIpc) is 2.67. The third-order valence-corrected chi connectivity index (χ3v) is 4.05. The number of amides is 4. The Balaban J connectivity index is 2.02. The van der Waals surface area contributed by atoms with Crippen molar-refractivity contribution in [2.45, 2.75) is 19.0 Å². The lowest BCUT2D eigenvalue weighted by atomic mass is 10.1. The number of carbonyl (C=O) groups excluding carboxylic acids is 3. The van der Waals surface area contributed by atoms with Crippen LogP contribution in [-0.4, -0.2) is 64.7 Å². The van der Waals surface area contributed by atoms with Crippen molar-refractivity contribution in [3.8, 4) is 0 Å². The van der Waals surface area contributed by atoms with Crippen LogP contribution in [0.2, 0.25) is 5.15 Å². The van der Waals surface area contributed by atoms with Gasteiger partial charge >= 0.3 is 6.03 Å². The second-order valence-electron chi connectivity index (χ2n) is 5.21. The van der Waals surface area contributed by atoms with E-state index in [4.69, 9.17) is 11.6 Å². The maximum Gasteiger partial charge on any atom is 0.326 e. The fourth-order valence-corrected chi connectivity index (χ4v) is 2.46. The van der Waals surface area contributed by atoms with Crippen molar-refractivity contribution in [1.82, 2.24) is 19.7 Å². The van der Waals surface area contributed by atoms with E-state index in [1.165, 1.54) is 23.9 Å². The molecule has 1 unspecified atom stereocenters. The summed E-state index contributed by atoms with van der Waals surface area (Å²) in [6, 6.07) is 2.36. The molecule has 0 N–H and O–H groups in total. The van der Waals surface area contributed by atoms with Gasteiger partial charge in [-0.1, -0.05) is 17.7 Å². The number of halogens is 1. The van der Waals surface area contributed by atoms with E-state index in [1.54, 1.807) is 25.4 Å². The minimum absolute atomic E-state index is 0.0558. The zero-order valence-electron chi connectivity index (χ0n) is 12.6. The number of carbonyl (C=O) groups is 3. The number of imide groups is 1. The molecule has 0 radical (unpaired) electrons. The summed E-state index contributed by atoms with van der Waals surface area (Å²) in [6.45, 7) is 0.292. The first-order valence-corrected chi connectivity index (χ1v) is 7.08. The quantitative estimate of drug-likeness (QED) is 0.611. The molecule has 7 nitrogen and oxygen atoms in total. The first kappa shape index (κ1) is 16.2. The number of nitrogens with zero attached hydrogens (tertiary/aromatic N) is 4. The van der Waals surface area contributed by atoms with Gasteiger partial charge in [0.1, 0.15) is 11.2 Å². The average molecular weight is 325 g/mol.